The maximum absolute atomic E-state index is 4.62. The van der Waals surface area contributed by atoms with Gasteiger partial charge in [-0.1, -0.05) is 13.8 Å². The van der Waals surface area contributed by atoms with Gasteiger partial charge in [0.05, 0.1) is 17.9 Å². The van der Waals surface area contributed by atoms with Crippen LogP contribution in [0.5, 0.6) is 0 Å². The van der Waals surface area contributed by atoms with E-state index in [4.69, 9.17) is 0 Å². The van der Waals surface area contributed by atoms with Crippen LogP contribution in [0.15, 0.2) is 6.07 Å². The summed E-state index contributed by atoms with van der Waals surface area (Å²) >= 11 is 0. The van der Waals surface area contributed by atoms with Gasteiger partial charge in [-0.3, -0.25) is 9.58 Å². The van der Waals surface area contributed by atoms with Crippen LogP contribution in [-0.4, -0.2) is 42.5 Å². The number of hydrogen-bond donors (Lipinski definition) is 0. The van der Waals surface area contributed by atoms with Crippen molar-refractivity contribution < 1.29 is 4.74 Å². The molecule has 0 saturated heterocycles. The lowest BCUT2D eigenvalue weighted by Gasteiger charge is -2.22. The molecule has 2 rings (SSSR count). The van der Waals surface area contributed by atoms with Crippen LogP contribution in [0.2, 0.25) is 0 Å². The predicted molar refractivity (Wildman–Crippen MR) is 70.0 cm³/mol. The second-order valence-corrected chi connectivity index (χ2v) is 5.09. The third-order valence-electron chi connectivity index (χ3n) is 2.66. The third kappa shape index (κ3) is 4.48. The standard InChI is InChI=1S/C11H19N3.C2H6O/c1-9(2)6-10-7-11-8-13(3)4-5-14(11)12-10;1-3-2/h7,9H,4-6,8H2,1-3H3;1-2H3. The highest BCUT2D eigenvalue weighted by Gasteiger charge is 2.15. The molecule has 4 heteroatoms. The summed E-state index contributed by atoms with van der Waals surface area (Å²) in [7, 11) is 5.42. The number of methoxy groups -OCH3 is 1. The second kappa shape index (κ2) is 6.77. The highest BCUT2D eigenvalue weighted by molar-refractivity contribution is 5.12. The van der Waals surface area contributed by atoms with Gasteiger partial charge in [-0.15, -0.1) is 0 Å². The molecule has 0 unspecified atom stereocenters. The molecule has 1 aromatic heterocycles. The average Bonchev–Trinajstić information content (AvgIpc) is 2.59. The van der Waals surface area contributed by atoms with Gasteiger partial charge in [-0.05, 0) is 25.5 Å². The van der Waals surface area contributed by atoms with Gasteiger partial charge in [0.2, 0.25) is 0 Å². The first-order valence-corrected chi connectivity index (χ1v) is 6.21. The molecular weight excluding hydrogens is 214 g/mol. The molecular formula is C13H25N3O. The summed E-state index contributed by atoms with van der Waals surface area (Å²) in [5.41, 5.74) is 2.62. The summed E-state index contributed by atoms with van der Waals surface area (Å²) in [6, 6.07) is 2.26. The van der Waals surface area contributed by atoms with Crippen molar-refractivity contribution in [3.8, 4) is 0 Å². The van der Waals surface area contributed by atoms with Crippen LogP contribution in [-0.2, 0) is 24.2 Å². The first kappa shape index (κ1) is 14.2. The zero-order valence-electron chi connectivity index (χ0n) is 11.7. The topological polar surface area (TPSA) is 30.3 Å². The van der Waals surface area contributed by atoms with Crippen molar-refractivity contribution in [1.82, 2.24) is 14.7 Å². The molecule has 0 radical (unpaired) electrons. The molecule has 17 heavy (non-hydrogen) atoms. The molecule has 0 bridgehead atoms. The lowest BCUT2D eigenvalue weighted by atomic mass is 10.1. The molecule has 98 valence electrons. The van der Waals surface area contributed by atoms with Crippen LogP contribution in [0.4, 0.5) is 0 Å². The summed E-state index contributed by atoms with van der Waals surface area (Å²) in [4.78, 5) is 2.34. The van der Waals surface area contributed by atoms with Gasteiger partial charge in [-0.2, -0.15) is 5.10 Å². The molecule has 0 aliphatic carbocycles. The quantitative estimate of drug-likeness (QED) is 0.788. The van der Waals surface area contributed by atoms with Gasteiger partial charge in [-0.25, -0.2) is 0 Å². The molecule has 0 N–H and O–H groups in total. The van der Waals surface area contributed by atoms with Crippen LogP contribution in [0, 0.1) is 5.92 Å². The van der Waals surface area contributed by atoms with Gasteiger partial charge >= 0.3 is 0 Å². The maximum atomic E-state index is 4.62. The number of likely N-dealkylation sites (N-methyl/N-ethyl adjacent to an activating group) is 1. The molecule has 0 atom stereocenters. The maximum Gasteiger partial charge on any atom is 0.0630 e. The Hall–Kier alpha value is -0.870. The Kier molecular flexibility index (Phi) is 5.65. The first-order chi connectivity index (χ1) is 8.06. The lowest BCUT2D eigenvalue weighted by molar-refractivity contribution is 0.258. The molecule has 0 aromatic carbocycles. The van der Waals surface area contributed by atoms with Crippen LogP contribution < -0.4 is 0 Å². The van der Waals surface area contributed by atoms with E-state index in [0.717, 1.165) is 26.1 Å². The number of hydrogen-bond acceptors (Lipinski definition) is 3. The smallest absolute Gasteiger partial charge is 0.0630 e. The first-order valence-electron chi connectivity index (χ1n) is 6.21. The van der Waals surface area contributed by atoms with Crippen molar-refractivity contribution in [2.24, 2.45) is 5.92 Å². The molecule has 0 fully saturated rings. The van der Waals surface area contributed by atoms with E-state index in [-0.39, 0.29) is 0 Å². The van der Waals surface area contributed by atoms with E-state index < -0.39 is 0 Å². The van der Waals surface area contributed by atoms with Gasteiger partial charge in [0.25, 0.3) is 0 Å². The molecule has 0 spiro atoms. The van der Waals surface area contributed by atoms with Gasteiger partial charge in [0.1, 0.15) is 0 Å². The third-order valence-corrected chi connectivity index (χ3v) is 2.66. The Morgan fingerprint density at radius 1 is 1.35 bits per heavy atom. The van der Waals surface area contributed by atoms with E-state index in [1.54, 1.807) is 14.2 Å². The van der Waals surface area contributed by atoms with E-state index in [0.29, 0.717) is 5.92 Å². The molecule has 1 aromatic rings. The number of aromatic nitrogens is 2. The van der Waals surface area contributed by atoms with Crippen molar-refractivity contribution in [2.45, 2.75) is 33.4 Å². The van der Waals surface area contributed by atoms with Gasteiger partial charge in [0, 0.05) is 27.3 Å². The van der Waals surface area contributed by atoms with Crippen LogP contribution in [0.3, 0.4) is 0 Å². The molecule has 2 heterocycles. The van der Waals surface area contributed by atoms with Crippen molar-refractivity contribution in [3.05, 3.63) is 17.5 Å². The molecule has 4 nitrogen and oxygen atoms in total. The summed E-state index contributed by atoms with van der Waals surface area (Å²) in [6.07, 6.45) is 1.10. The monoisotopic (exact) mass is 239 g/mol. The minimum absolute atomic E-state index is 0.699. The minimum Gasteiger partial charge on any atom is -0.388 e. The zero-order chi connectivity index (χ0) is 12.8. The summed E-state index contributed by atoms with van der Waals surface area (Å²) in [5, 5.41) is 4.62. The Morgan fingerprint density at radius 3 is 2.59 bits per heavy atom. The summed E-state index contributed by atoms with van der Waals surface area (Å²) < 4.78 is 6.41. The molecule has 1 aliphatic rings. The van der Waals surface area contributed by atoms with E-state index in [1.807, 2.05) is 0 Å². The van der Waals surface area contributed by atoms with Crippen molar-refractivity contribution in [3.63, 3.8) is 0 Å². The fourth-order valence-corrected chi connectivity index (χ4v) is 1.97. The number of nitrogens with zero attached hydrogens (tertiary/aromatic N) is 3. The second-order valence-electron chi connectivity index (χ2n) is 5.09. The molecule has 0 amide bonds. The fourth-order valence-electron chi connectivity index (χ4n) is 1.97. The SMILES string of the molecule is CC(C)Cc1cc2n(n1)CCN(C)C2.COC. The lowest BCUT2D eigenvalue weighted by Crippen LogP contribution is -2.30. The highest BCUT2D eigenvalue weighted by atomic mass is 16.4. The van der Waals surface area contributed by atoms with Crippen LogP contribution in [0.25, 0.3) is 0 Å². The van der Waals surface area contributed by atoms with Crippen LogP contribution in [0.1, 0.15) is 25.2 Å². The van der Waals surface area contributed by atoms with Crippen molar-refractivity contribution in [2.75, 3.05) is 27.8 Å². The number of rotatable bonds is 2. The largest absolute Gasteiger partial charge is 0.388 e. The van der Waals surface area contributed by atoms with E-state index in [2.05, 4.69) is 46.4 Å². The normalized spacial score (nSPS) is 15.4. The molecule has 0 saturated carbocycles. The minimum atomic E-state index is 0.699. The number of ether oxygens (including phenoxy) is 1. The molecule has 1 aliphatic heterocycles. The number of fused-ring (bicyclic) bond motifs is 1. The Morgan fingerprint density at radius 2 is 2.00 bits per heavy atom. The highest BCUT2D eigenvalue weighted by Crippen LogP contribution is 2.14. The van der Waals surface area contributed by atoms with E-state index in [1.165, 1.54) is 11.4 Å². The van der Waals surface area contributed by atoms with E-state index >= 15 is 0 Å². The zero-order valence-corrected chi connectivity index (χ0v) is 11.7. The van der Waals surface area contributed by atoms with Gasteiger partial charge < -0.3 is 4.74 Å². The van der Waals surface area contributed by atoms with Gasteiger partial charge in [0.15, 0.2) is 0 Å². The van der Waals surface area contributed by atoms with Crippen LogP contribution >= 0.6 is 0 Å². The fraction of sp³-hybridized carbons (Fsp3) is 0.769. The predicted octanol–water partition coefficient (Wildman–Crippen LogP) is 1.79. The van der Waals surface area contributed by atoms with E-state index in [9.17, 15) is 0 Å². The Balaban J connectivity index is 0.000000437. The van der Waals surface area contributed by atoms with Crippen molar-refractivity contribution >= 4 is 0 Å². The summed E-state index contributed by atoms with van der Waals surface area (Å²) in [6.45, 7) is 7.69. The Bertz CT molecular complexity index is 333. The average molecular weight is 239 g/mol. The summed E-state index contributed by atoms with van der Waals surface area (Å²) in [5.74, 6) is 0.699. The Labute approximate surface area is 105 Å². The van der Waals surface area contributed by atoms with Crippen molar-refractivity contribution in [1.29, 1.82) is 0 Å².